The van der Waals surface area contributed by atoms with Crippen molar-refractivity contribution in [3.05, 3.63) is 40.8 Å². The number of nitrogens with zero attached hydrogens (tertiary/aromatic N) is 5. The number of hydrogen-bond acceptors (Lipinski definition) is 5. The summed E-state index contributed by atoms with van der Waals surface area (Å²) in [7, 11) is 3.67. The third-order valence-corrected chi connectivity index (χ3v) is 4.55. The van der Waals surface area contributed by atoms with Crippen molar-refractivity contribution in [3.8, 4) is 6.07 Å². The average molecular weight is 345 g/mol. The Labute approximate surface area is 144 Å². The molecule has 0 aromatic carbocycles. The van der Waals surface area contributed by atoms with Crippen LogP contribution in [0.15, 0.2) is 24.7 Å². The molecule has 3 heterocycles. The van der Waals surface area contributed by atoms with Crippen molar-refractivity contribution in [2.24, 2.45) is 13.0 Å². The first-order chi connectivity index (χ1) is 11.5. The minimum absolute atomic E-state index is 0.0316. The van der Waals surface area contributed by atoms with Crippen molar-refractivity contribution >= 4 is 23.3 Å². The van der Waals surface area contributed by atoms with Gasteiger partial charge in [0.1, 0.15) is 11.9 Å². The number of carbonyl (C=O) groups is 1. The number of nitrogens with one attached hydrogen (secondary N) is 1. The lowest BCUT2D eigenvalue weighted by molar-refractivity contribution is -0.127. The van der Waals surface area contributed by atoms with Gasteiger partial charge in [-0.15, -0.1) is 0 Å². The molecule has 2 atom stereocenters. The monoisotopic (exact) mass is 344 g/mol. The highest BCUT2D eigenvalue weighted by atomic mass is 35.5. The lowest BCUT2D eigenvalue weighted by Crippen LogP contribution is -2.26. The number of nitriles is 1. The number of hydrogen-bond donors (Lipinski definition) is 1. The van der Waals surface area contributed by atoms with Gasteiger partial charge in [0.05, 0.1) is 22.8 Å². The Hall–Kier alpha value is -2.59. The molecule has 2 aromatic rings. The van der Waals surface area contributed by atoms with Crippen LogP contribution in [0.2, 0.25) is 5.02 Å². The van der Waals surface area contributed by atoms with Crippen LogP contribution in [0.1, 0.15) is 23.6 Å². The van der Waals surface area contributed by atoms with Gasteiger partial charge in [-0.1, -0.05) is 11.6 Å². The maximum absolute atomic E-state index is 12.1. The Balaban J connectivity index is 1.76. The van der Waals surface area contributed by atoms with Gasteiger partial charge in [-0.3, -0.25) is 9.48 Å². The van der Waals surface area contributed by atoms with E-state index in [4.69, 9.17) is 16.9 Å². The summed E-state index contributed by atoms with van der Waals surface area (Å²) in [5, 5.41) is 16.6. The van der Waals surface area contributed by atoms with Crippen LogP contribution in [-0.4, -0.2) is 39.2 Å². The third-order valence-electron chi connectivity index (χ3n) is 4.26. The van der Waals surface area contributed by atoms with Gasteiger partial charge in [0, 0.05) is 50.9 Å². The molecule has 0 aliphatic carbocycles. The Bertz CT molecular complexity index is 811. The van der Waals surface area contributed by atoms with Gasteiger partial charge < -0.3 is 10.2 Å². The van der Waals surface area contributed by atoms with E-state index in [-0.39, 0.29) is 17.9 Å². The number of halogens is 1. The second-order valence-electron chi connectivity index (χ2n) is 5.91. The quantitative estimate of drug-likeness (QED) is 0.916. The molecule has 8 heteroatoms. The molecule has 0 spiro atoms. The van der Waals surface area contributed by atoms with Crippen LogP contribution in [0.3, 0.4) is 0 Å². The highest BCUT2D eigenvalue weighted by molar-refractivity contribution is 6.33. The van der Waals surface area contributed by atoms with Gasteiger partial charge in [0.15, 0.2) is 0 Å². The molecular formula is C16H17ClN6O. The topological polar surface area (TPSA) is 86.8 Å². The smallest absolute Gasteiger partial charge is 0.223 e. The van der Waals surface area contributed by atoms with Crippen molar-refractivity contribution in [3.63, 3.8) is 0 Å². The predicted octanol–water partition coefficient (Wildman–Crippen LogP) is 1.97. The number of pyridine rings is 1. The number of anilines is 1. The highest BCUT2D eigenvalue weighted by Crippen LogP contribution is 2.37. The molecule has 2 aromatic heterocycles. The van der Waals surface area contributed by atoms with Gasteiger partial charge in [-0.25, -0.2) is 4.98 Å². The van der Waals surface area contributed by atoms with Crippen LogP contribution in [0.4, 0.5) is 5.82 Å². The second kappa shape index (κ2) is 6.49. The van der Waals surface area contributed by atoms with Crippen LogP contribution in [0.5, 0.6) is 0 Å². The molecule has 24 heavy (non-hydrogen) atoms. The Morgan fingerprint density at radius 2 is 2.25 bits per heavy atom. The maximum Gasteiger partial charge on any atom is 0.223 e. The van der Waals surface area contributed by atoms with E-state index in [0.717, 1.165) is 5.56 Å². The predicted molar refractivity (Wildman–Crippen MR) is 89.3 cm³/mol. The van der Waals surface area contributed by atoms with Gasteiger partial charge in [-0.05, 0) is 6.07 Å². The molecule has 1 aliphatic rings. The largest absolute Gasteiger partial charge is 0.368 e. The summed E-state index contributed by atoms with van der Waals surface area (Å²) in [6, 6.07) is 3.54. The number of carbonyl (C=O) groups excluding carboxylic acids is 1. The van der Waals surface area contributed by atoms with E-state index in [1.165, 1.54) is 6.20 Å². The summed E-state index contributed by atoms with van der Waals surface area (Å²) in [5.41, 5.74) is 1.42. The molecule has 1 fully saturated rings. The molecular weight excluding hydrogens is 328 g/mol. The first-order valence-corrected chi connectivity index (χ1v) is 7.91. The number of amides is 1. The van der Waals surface area contributed by atoms with Crippen LogP contribution in [0.25, 0.3) is 0 Å². The molecule has 124 valence electrons. The van der Waals surface area contributed by atoms with Crippen LogP contribution in [0, 0.1) is 17.2 Å². The number of aryl methyl sites for hydroxylation is 1. The summed E-state index contributed by atoms with van der Waals surface area (Å²) >= 11 is 6.14. The molecule has 1 aliphatic heterocycles. The van der Waals surface area contributed by atoms with Crippen molar-refractivity contribution < 1.29 is 4.79 Å². The van der Waals surface area contributed by atoms with Crippen molar-refractivity contribution in [1.82, 2.24) is 19.7 Å². The van der Waals surface area contributed by atoms with E-state index < -0.39 is 0 Å². The molecule has 3 rings (SSSR count). The van der Waals surface area contributed by atoms with E-state index in [2.05, 4.69) is 15.4 Å². The lowest BCUT2D eigenvalue weighted by atomic mass is 9.96. The van der Waals surface area contributed by atoms with Gasteiger partial charge in [0.25, 0.3) is 0 Å². The minimum Gasteiger partial charge on any atom is -0.368 e. The molecule has 1 N–H and O–H groups in total. The zero-order chi connectivity index (χ0) is 17.3. The molecule has 0 unspecified atom stereocenters. The van der Waals surface area contributed by atoms with Crippen molar-refractivity contribution in [2.75, 3.05) is 18.9 Å². The summed E-state index contributed by atoms with van der Waals surface area (Å²) in [6.07, 6.45) is 5.65. The molecule has 7 nitrogen and oxygen atoms in total. The summed E-state index contributed by atoms with van der Waals surface area (Å²) in [5.74, 6) is 0.706. The number of rotatable bonds is 4. The fraction of sp³-hybridized carbons (Fsp3) is 0.375. The molecule has 1 saturated heterocycles. The van der Waals surface area contributed by atoms with Crippen LogP contribution < -0.4 is 5.32 Å². The summed E-state index contributed by atoms with van der Waals surface area (Å²) < 4.78 is 1.73. The van der Waals surface area contributed by atoms with E-state index in [1.807, 2.05) is 26.4 Å². The fourth-order valence-electron chi connectivity index (χ4n) is 3.08. The lowest BCUT2D eigenvalue weighted by Gasteiger charge is -2.24. The average Bonchev–Trinajstić information content (AvgIpc) is 3.10. The van der Waals surface area contributed by atoms with Gasteiger partial charge >= 0.3 is 0 Å². The van der Waals surface area contributed by atoms with E-state index in [9.17, 15) is 4.79 Å². The molecule has 0 saturated carbocycles. The van der Waals surface area contributed by atoms with Gasteiger partial charge in [0.2, 0.25) is 5.91 Å². The van der Waals surface area contributed by atoms with Crippen LogP contribution in [-0.2, 0) is 11.8 Å². The Morgan fingerprint density at radius 1 is 1.46 bits per heavy atom. The number of aromatic nitrogens is 3. The summed E-state index contributed by atoms with van der Waals surface area (Å²) in [6.45, 7) is 0.550. The highest BCUT2D eigenvalue weighted by Gasteiger charge is 2.38. The zero-order valence-electron chi connectivity index (χ0n) is 13.4. The van der Waals surface area contributed by atoms with Crippen molar-refractivity contribution in [2.45, 2.75) is 12.5 Å². The van der Waals surface area contributed by atoms with Crippen LogP contribution >= 0.6 is 11.6 Å². The normalized spacial score (nSPS) is 20.2. The third kappa shape index (κ3) is 3.05. The van der Waals surface area contributed by atoms with E-state index >= 15 is 0 Å². The SMILES string of the molecule is CN1C(=O)C[C@@H](CNc2ncc(C#N)cc2Cl)[C@@H]1c1cnn(C)c1. The van der Waals surface area contributed by atoms with Gasteiger partial charge in [-0.2, -0.15) is 10.4 Å². The maximum atomic E-state index is 12.1. The Kier molecular flexibility index (Phi) is 4.40. The molecule has 0 radical (unpaired) electrons. The number of likely N-dealkylation sites (tertiary alicyclic amines) is 1. The fourth-order valence-corrected chi connectivity index (χ4v) is 3.31. The zero-order valence-corrected chi connectivity index (χ0v) is 14.2. The molecule has 1 amide bonds. The van der Waals surface area contributed by atoms with E-state index in [0.29, 0.717) is 29.4 Å². The standard InChI is InChI=1S/C16H17ClN6O/c1-22-9-12(8-21-22)15-11(4-14(24)23(15)2)7-20-16-13(17)3-10(5-18)6-19-16/h3,6,8-9,11,15H,4,7H2,1-2H3,(H,19,20)/t11-,15+/m0/s1. The van der Waals surface area contributed by atoms with E-state index in [1.54, 1.807) is 21.8 Å². The first-order valence-electron chi connectivity index (χ1n) is 7.53. The first kappa shape index (κ1) is 16.3. The summed E-state index contributed by atoms with van der Waals surface area (Å²) in [4.78, 5) is 18.1. The second-order valence-corrected chi connectivity index (χ2v) is 6.32. The minimum atomic E-state index is -0.0316. The molecule has 0 bridgehead atoms. The van der Waals surface area contributed by atoms with Crippen molar-refractivity contribution in [1.29, 1.82) is 5.26 Å². The Morgan fingerprint density at radius 3 is 2.88 bits per heavy atom.